The van der Waals surface area contributed by atoms with E-state index in [9.17, 15) is 19.1 Å². The summed E-state index contributed by atoms with van der Waals surface area (Å²) < 4.78 is 14.7. The Bertz CT molecular complexity index is 1170. The van der Waals surface area contributed by atoms with Crippen molar-refractivity contribution >= 4 is 29.1 Å². The number of rotatable bonds is 7. The Hall–Kier alpha value is -2.86. The Labute approximate surface area is 210 Å². The molecule has 2 aliphatic rings. The van der Waals surface area contributed by atoms with Gasteiger partial charge in [0, 0.05) is 40.6 Å². The third-order valence-electron chi connectivity index (χ3n) is 7.29. The van der Waals surface area contributed by atoms with Crippen LogP contribution >= 0.6 is 11.8 Å². The summed E-state index contributed by atoms with van der Waals surface area (Å²) in [5.41, 5.74) is 2.23. The third-order valence-corrected chi connectivity index (χ3v) is 8.18. The van der Waals surface area contributed by atoms with E-state index < -0.39 is 5.82 Å². The average molecular weight is 494 g/mol. The van der Waals surface area contributed by atoms with Gasteiger partial charge in [-0.1, -0.05) is 36.5 Å². The van der Waals surface area contributed by atoms with Crippen molar-refractivity contribution < 1.29 is 19.1 Å². The number of nitrogens with zero attached hydrogens (tertiary/aromatic N) is 1. The van der Waals surface area contributed by atoms with Gasteiger partial charge in [-0.05, 0) is 86.6 Å². The minimum absolute atomic E-state index is 0.0183. The van der Waals surface area contributed by atoms with Crippen molar-refractivity contribution in [1.29, 1.82) is 0 Å². The second-order valence-electron chi connectivity index (χ2n) is 9.64. The number of benzene rings is 2. The molecule has 1 saturated heterocycles. The van der Waals surface area contributed by atoms with E-state index in [1.165, 1.54) is 17.8 Å². The zero-order valence-electron chi connectivity index (χ0n) is 20.3. The minimum atomic E-state index is -0.437. The first kappa shape index (κ1) is 25.2. The van der Waals surface area contributed by atoms with E-state index in [2.05, 4.69) is 6.58 Å². The van der Waals surface area contributed by atoms with Crippen LogP contribution in [0.3, 0.4) is 0 Å². The van der Waals surface area contributed by atoms with Gasteiger partial charge in [-0.2, -0.15) is 0 Å². The molecule has 1 aliphatic carbocycles. The van der Waals surface area contributed by atoms with Gasteiger partial charge in [0.25, 0.3) is 0 Å². The molecule has 0 radical (unpaired) electrons. The fraction of sp³-hybridized carbons (Fsp3) is 0.379. The number of thioether (sulfide) groups is 1. The fourth-order valence-electron chi connectivity index (χ4n) is 5.35. The number of aryl methyl sites for hydroxylation is 1. The normalized spacial score (nSPS) is 22.7. The molecule has 1 amide bonds. The first-order chi connectivity index (χ1) is 16.8. The number of halogens is 1. The van der Waals surface area contributed by atoms with Crippen LogP contribution in [-0.2, 0) is 9.59 Å². The Balaban J connectivity index is 1.43. The van der Waals surface area contributed by atoms with Crippen molar-refractivity contribution in [2.24, 2.45) is 17.8 Å². The third kappa shape index (κ3) is 5.53. The van der Waals surface area contributed by atoms with E-state index in [4.69, 9.17) is 0 Å². The van der Waals surface area contributed by atoms with Gasteiger partial charge in [0.15, 0.2) is 5.78 Å². The van der Waals surface area contributed by atoms with Gasteiger partial charge >= 0.3 is 0 Å². The molecule has 1 unspecified atom stereocenters. The molecule has 184 valence electrons. The smallest absolute Gasteiger partial charge is 0.227 e. The lowest BCUT2D eigenvalue weighted by Gasteiger charge is -2.31. The van der Waals surface area contributed by atoms with E-state index in [0.29, 0.717) is 35.0 Å². The zero-order chi connectivity index (χ0) is 25.1. The van der Waals surface area contributed by atoms with Crippen LogP contribution in [0.4, 0.5) is 10.1 Å². The molecule has 35 heavy (non-hydrogen) atoms. The lowest BCUT2D eigenvalue weighted by atomic mass is 9.74. The number of carbonyl (C=O) groups excluding carboxylic acids is 2. The molecule has 2 aromatic rings. The molecular formula is C29H32FNO3S. The Morgan fingerprint density at radius 1 is 1.11 bits per heavy atom. The van der Waals surface area contributed by atoms with Gasteiger partial charge in [-0.15, -0.1) is 0 Å². The zero-order valence-corrected chi connectivity index (χ0v) is 21.1. The van der Waals surface area contributed by atoms with Crippen LogP contribution in [0.2, 0.25) is 0 Å². The number of carbonyl (C=O) groups is 2. The van der Waals surface area contributed by atoms with Gasteiger partial charge in [-0.3, -0.25) is 9.59 Å². The fourth-order valence-corrected chi connectivity index (χ4v) is 5.93. The maximum Gasteiger partial charge on any atom is 0.227 e. The van der Waals surface area contributed by atoms with Gasteiger partial charge < -0.3 is 10.0 Å². The molecule has 2 aromatic carbocycles. The quantitative estimate of drug-likeness (QED) is 0.421. The summed E-state index contributed by atoms with van der Waals surface area (Å²) in [5.74, 6) is 0.402. The molecule has 1 N–H and O–H groups in total. The predicted octanol–water partition coefficient (Wildman–Crippen LogP) is 7.02. The van der Waals surface area contributed by atoms with E-state index in [1.54, 1.807) is 29.2 Å². The standard InChI is InChI=1S/C29H32FNO3S/c1-4-13-35-19(3)29(34)21-8-6-20(7-9-21)22-15-28(33)31(17-22)23-10-12-26(30)25(16-23)24-11-5-18(2)14-27(24)32/h4-5,10-14,16,20-22,32H,3,6-9,15,17H2,1-2H3. The van der Waals surface area contributed by atoms with Crippen molar-refractivity contribution in [1.82, 2.24) is 0 Å². The van der Waals surface area contributed by atoms with Crippen LogP contribution < -0.4 is 4.90 Å². The number of aromatic hydroxyl groups is 1. The van der Waals surface area contributed by atoms with Crippen LogP contribution in [0.5, 0.6) is 5.75 Å². The highest BCUT2D eigenvalue weighted by Gasteiger charge is 2.38. The Morgan fingerprint density at radius 2 is 1.86 bits per heavy atom. The number of anilines is 1. The predicted molar refractivity (Wildman–Crippen MR) is 141 cm³/mol. The maximum atomic E-state index is 14.7. The first-order valence-electron chi connectivity index (χ1n) is 12.2. The van der Waals surface area contributed by atoms with Gasteiger partial charge in [0.05, 0.1) is 0 Å². The Morgan fingerprint density at radius 3 is 2.54 bits per heavy atom. The van der Waals surface area contributed by atoms with E-state index in [-0.39, 0.29) is 34.8 Å². The second-order valence-corrected chi connectivity index (χ2v) is 10.6. The van der Waals surface area contributed by atoms with Crippen LogP contribution in [0.1, 0.15) is 44.6 Å². The van der Waals surface area contributed by atoms with Gasteiger partial charge in [0.2, 0.25) is 5.91 Å². The summed E-state index contributed by atoms with van der Waals surface area (Å²) in [7, 11) is 0. The van der Waals surface area contributed by atoms with E-state index in [0.717, 1.165) is 31.2 Å². The van der Waals surface area contributed by atoms with Crippen molar-refractivity contribution in [3.8, 4) is 16.9 Å². The van der Waals surface area contributed by atoms with Crippen LogP contribution in [-0.4, -0.2) is 23.3 Å². The molecule has 4 nitrogen and oxygen atoms in total. The van der Waals surface area contributed by atoms with Crippen molar-refractivity contribution in [3.05, 3.63) is 70.7 Å². The lowest BCUT2D eigenvalue weighted by molar-refractivity contribution is -0.120. The largest absolute Gasteiger partial charge is 0.507 e. The number of ketones is 1. The van der Waals surface area contributed by atoms with Crippen molar-refractivity contribution in [3.63, 3.8) is 0 Å². The molecule has 6 heteroatoms. The Kier molecular flexibility index (Phi) is 7.80. The maximum absolute atomic E-state index is 14.7. The molecule has 0 bridgehead atoms. The first-order valence-corrected chi connectivity index (χ1v) is 13.1. The summed E-state index contributed by atoms with van der Waals surface area (Å²) in [6, 6.07) is 9.78. The number of allylic oxidation sites excluding steroid dienone is 2. The molecule has 1 heterocycles. The molecular weight excluding hydrogens is 461 g/mol. The number of phenols is 1. The lowest BCUT2D eigenvalue weighted by Crippen LogP contribution is -2.28. The summed E-state index contributed by atoms with van der Waals surface area (Å²) in [4.78, 5) is 28.0. The average Bonchev–Trinajstić information content (AvgIpc) is 3.24. The summed E-state index contributed by atoms with van der Waals surface area (Å²) >= 11 is 1.39. The monoisotopic (exact) mass is 493 g/mol. The van der Waals surface area contributed by atoms with Crippen LogP contribution in [0.15, 0.2) is 59.4 Å². The molecule has 1 atom stereocenters. The molecule has 1 aliphatic heterocycles. The van der Waals surface area contributed by atoms with E-state index >= 15 is 0 Å². The topological polar surface area (TPSA) is 57.6 Å². The molecule has 2 fully saturated rings. The molecule has 0 spiro atoms. The highest BCUT2D eigenvalue weighted by atomic mass is 32.2. The highest BCUT2D eigenvalue weighted by Crippen LogP contribution is 2.41. The van der Waals surface area contributed by atoms with Crippen LogP contribution in [0.25, 0.3) is 11.1 Å². The van der Waals surface area contributed by atoms with Crippen LogP contribution in [0, 0.1) is 30.5 Å². The van der Waals surface area contributed by atoms with Gasteiger partial charge in [0.1, 0.15) is 11.6 Å². The second kappa shape index (κ2) is 10.8. The number of hydrogen-bond donors (Lipinski definition) is 1. The highest BCUT2D eigenvalue weighted by molar-refractivity contribution is 8.06. The molecule has 4 rings (SSSR count). The molecule has 0 aromatic heterocycles. The van der Waals surface area contributed by atoms with Crippen molar-refractivity contribution in [2.45, 2.75) is 46.0 Å². The summed E-state index contributed by atoms with van der Waals surface area (Å²) in [6.07, 6.45) is 5.88. The molecule has 1 saturated carbocycles. The summed E-state index contributed by atoms with van der Waals surface area (Å²) in [5, 5.41) is 12.2. The number of amides is 1. The minimum Gasteiger partial charge on any atom is -0.507 e. The summed E-state index contributed by atoms with van der Waals surface area (Å²) in [6.45, 7) is 8.31. The number of hydrogen-bond acceptors (Lipinski definition) is 4. The SMILES string of the molecule is C=C(SC=CC)C(=O)C1CCC(C2CC(=O)N(c3ccc(F)c(-c4ccc(C)cc4O)c3)C2)CC1. The van der Waals surface area contributed by atoms with Gasteiger partial charge in [-0.25, -0.2) is 4.39 Å². The number of phenolic OH excluding ortho intramolecular Hbond substituents is 1. The number of Topliss-reactive ketones (excluding diaryl/α,β-unsaturated/α-hetero) is 1. The van der Waals surface area contributed by atoms with Crippen molar-refractivity contribution in [2.75, 3.05) is 11.4 Å². The van der Waals surface area contributed by atoms with E-state index in [1.807, 2.05) is 31.4 Å².